The summed E-state index contributed by atoms with van der Waals surface area (Å²) < 4.78 is 15.0. The highest BCUT2D eigenvalue weighted by Crippen LogP contribution is 2.15. The molecule has 1 atom stereocenters. The monoisotopic (exact) mass is 521 g/mol. The second-order valence-corrected chi connectivity index (χ2v) is 9.21. The summed E-state index contributed by atoms with van der Waals surface area (Å²) in [4.78, 5) is 45.9. The lowest BCUT2D eigenvalue weighted by molar-refractivity contribution is -0.153. The van der Waals surface area contributed by atoms with Gasteiger partial charge >= 0.3 is 17.9 Å². The Morgan fingerprint density at radius 3 is 2.06 bits per heavy atom. The van der Waals surface area contributed by atoms with E-state index in [1.807, 2.05) is 0 Å². The van der Waals surface area contributed by atoms with Crippen molar-refractivity contribution in [1.29, 1.82) is 0 Å². The van der Waals surface area contributed by atoms with Crippen LogP contribution in [0.2, 0.25) is 0 Å². The largest absolute Gasteiger partial charge is 0.468 e. The van der Waals surface area contributed by atoms with Crippen molar-refractivity contribution in [1.82, 2.24) is 5.32 Å². The van der Waals surface area contributed by atoms with Crippen molar-refractivity contribution < 1.29 is 38.5 Å². The first kappa shape index (κ1) is 35.4. The number of carbonyl (C=O) groups is 4. The topological polar surface area (TPSA) is 128 Å². The molecule has 35 heavy (non-hydrogen) atoms. The van der Waals surface area contributed by atoms with E-state index in [1.54, 1.807) is 0 Å². The number of aliphatic hydroxyl groups excluding tert-OH is 1. The molecular formula is C25H47NO8S. The lowest BCUT2D eigenvalue weighted by Gasteiger charge is -2.16. The molecule has 0 heterocycles. The Labute approximate surface area is 215 Å². The normalized spacial score (nSPS) is 11.0. The summed E-state index contributed by atoms with van der Waals surface area (Å²) in [7, 11) is 2.26. The summed E-state index contributed by atoms with van der Waals surface area (Å²) in [5.74, 6) is -0.372. The number of carbonyl (C=O) groups excluding carboxylic acids is 4. The molecule has 0 fully saturated rings. The Kier molecular flexibility index (Phi) is 27.1. The molecule has 10 heteroatoms. The van der Waals surface area contributed by atoms with Crippen LogP contribution in [0.4, 0.5) is 0 Å². The molecule has 0 spiro atoms. The predicted molar refractivity (Wildman–Crippen MR) is 138 cm³/mol. The van der Waals surface area contributed by atoms with Crippen LogP contribution in [0.15, 0.2) is 0 Å². The zero-order valence-corrected chi connectivity index (χ0v) is 22.9. The van der Waals surface area contributed by atoms with E-state index in [1.165, 1.54) is 70.7 Å². The van der Waals surface area contributed by atoms with Gasteiger partial charge in [-0.15, -0.1) is 0 Å². The van der Waals surface area contributed by atoms with Crippen molar-refractivity contribution in [2.24, 2.45) is 0 Å². The van der Waals surface area contributed by atoms with Crippen LogP contribution in [0.5, 0.6) is 0 Å². The Balaban J connectivity index is 0. The van der Waals surface area contributed by atoms with E-state index < -0.39 is 12.1 Å². The van der Waals surface area contributed by atoms with E-state index in [-0.39, 0.29) is 43.8 Å². The minimum Gasteiger partial charge on any atom is -0.468 e. The van der Waals surface area contributed by atoms with E-state index in [0.29, 0.717) is 17.9 Å². The Hall–Kier alpha value is -1.81. The van der Waals surface area contributed by atoms with Crippen LogP contribution in [0.3, 0.4) is 0 Å². The summed E-state index contributed by atoms with van der Waals surface area (Å²) in [6.45, 7) is 3.67. The molecule has 0 aliphatic rings. The van der Waals surface area contributed by atoms with E-state index >= 15 is 0 Å². The first-order valence-electron chi connectivity index (χ1n) is 12.6. The van der Waals surface area contributed by atoms with Crippen molar-refractivity contribution in [2.45, 2.75) is 97.0 Å². The first-order valence-corrected chi connectivity index (χ1v) is 13.7. The number of hydrogen-bond acceptors (Lipinski definition) is 9. The van der Waals surface area contributed by atoms with Gasteiger partial charge in [-0.3, -0.25) is 19.2 Å². The second kappa shape index (κ2) is 26.8. The molecule has 0 radical (unpaired) electrons. The third-order valence-corrected chi connectivity index (χ3v) is 5.93. The molecular weight excluding hydrogens is 474 g/mol. The van der Waals surface area contributed by atoms with Crippen LogP contribution in [-0.4, -0.2) is 73.9 Å². The molecule has 9 nitrogen and oxygen atoms in total. The zero-order valence-electron chi connectivity index (χ0n) is 22.1. The van der Waals surface area contributed by atoms with Crippen molar-refractivity contribution in [2.75, 3.05) is 38.9 Å². The van der Waals surface area contributed by atoms with Gasteiger partial charge in [0, 0.05) is 32.0 Å². The molecule has 206 valence electrons. The molecule has 0 aliphatic carbocycles. The molecule has 2 N–H and O–H groups in total. The third-order valence-electron chi connectivity index (χ3n) is 4.98. The van der Waals surface area contributed by atoms with Gasteiger partial charge in [-0.05, 0) is 12.8 Å². The minimum absolute atomic E-state index is 0.0667. The Bertz CT molecular complexity index is 560. The standard InChI is InChI=1S/C24H43NO7S.CH4O/c1-4-5-6-7-8-9-10-11-12-13-21(32-20(2)26)18-23(28)31-15-17-33-16-14-22(27)25-19-24(29)30-3;1-2/h21H,4-19H2,1-3H3,(H,25,27);2H,1H3. The van der Waals surface area contributed by atoms with Crippen LogP contribution < -0.4 is 5.32 Å². The van der Waals surface area contributed by atoms with Crippen LogP contribution in [0.1, 0.15) is 90.9 Å². The van der Waals surface area contributed by atoms with Gasteiger partial charge < -0.3 is 24.6 Å². The number of aliphatic hydroxyl groups is 1. The number of thioether (sulfide) groups is 1. The molecule has 0 aromatic heterocycles. The predicted octanol–water partition coefficient (Wildman–Crippen LogP) is 3.79. The number of hydrogen-bond donors (Lipinski definition) is 2. The first-order chi connectivity index (χ1) is 16.9. The quantitative estimate of drug-likeness (QED) is 0.132. The number of esters is 3. The molecule has 0 aromatic carbocycles. The number of unbranched alkanes of at least 4 members (excludes halogenated alkanes) is 8. The summed E-state index contributed by atoms with van der Waals surface area (Å²) in [6.07, 6.45) is 11.4. The highest BCUT2D eigenvalue weighted by molar-refractivity contribution is 7.99. The van der Waals surface area contributed by atoms with Crippen LogP contribution in [0, 0.1) is 0 Å². The van der Waals surface area contributed by atoms with Gasteiger partial charge in [-0.25, -0.2) is 0 Å². The molecule has 0 saturated heterocycles. The average Bonchev–Trinajstić information content (AvgIpc) is 2.84. The van der Waals surface area contributed by atoms with Crippen molar-refractivity contribution in [3.63, 3.8) is 0 Å². The Morgan fingerprint density at radius 1 is 0.886 bits per heavy atom. The maximum absolute atomic E-state index is 12.1. The number of nitrogens with one attached hydrogen (secondary N) is 1. The summed E-state index contributed by atoms with van der Waals surface area (Å²) >= 11 is 1.48. The molecule has 0 saturated carbocycles. The highest BCUT2D eigenvalue weighted by atomic mass is 32.2. The van der Waals surface area contributed by atoms with Gasteiger partial charge in [0.05, 0.1) is 13.5 Å². The third kappa shape index (κ3) is 26.6. The van der Waals surface area contributed by atoms with Gasteiger partial charge in [0.15, 0.2) is 0 Å². The molecule has 1 amide bonds. The van der Waals surface area contributed by atoms with E-state index in [0.717, 1.165) is 20.0 Å². The molecule has 0 bridgehead atoms. The van der Waals surface area contributed by atoms with Gasteiger partial charge in [0.25, 0.3) is 0 Å². The number of rotatable bonds is 21. The lowest BCUT2D eigenvalue weighted by atomic mass is 10.0. The van der Waals surface area contributed by atoms with Gasteiger partial charge in [0.2, 0.25) is 5.91 Å². The van der Waals surface area contributed by atoms with Gasteiger partial charge in [-0.2, -0.15) is 11.8 Å². The number of methoxy groups -OCH3 is 1. The van der Waals surface area contributed by atoms with Crippen LogP contribution in [-0.2, 0) is 33.4 Å². The fourth-order valence-electron chi connectivity index (χ4n) is 3.18. The highest BCUT2D eigenvalue weighted by Gasteiger charge is 2.17. The second-order valence-electron chi connectivity index (χ2n) is 7.99. The summed E-state index contributed by atoms with van der Waals surface area (Å²) in [5, 5.41) is 9.46. The lowest BCUT2D eigenvalue weighted by Crippen LogP contribution is -2.30. The summed E-state index contributed by atoms with van der Waals surface area (Å²) in [6, 6.07) is 0. The van der Waals surface area contributed by atoms with E-state index in [2.05, 4.69) is 17.0 Å². The van der Waals surface area contributed by atoms with Gasteiger partial charge in [-0.1, -0.05) is 58.3 Å². The molecule has 0 aromatic rings. The van der Waals surface area contributed by atoms with E-state index in [9.17, 15) is 19.2 Å². The molecule has 0 rings (SSSR count). The van der Waals surface area contributed by atoms with Crippen LogP contribution in [0.25, 0.3) is 0 Å². The molecule has 0 aliphatic heterocycles. The average molecular weight is 522 g/mol. The number of amides is 1. The Morgan fingerprint density at radius 2 is 1.49 bits per heavy atom. The number of ether oxygens (including phenoxy) is 3. The fraction of sp³-hybridized carbons (Fsp3) is 0.840. The van der Waals surface area contributed by atoms with Gasteiger partial charge in [0.1, 0.15) is 19.3 Å². The maximum Gasteiger partial charge on any atom is 0.325 e. The van der Waals surface area contributed by atoms with Crippen molar-refractivity contribution in [3.8, 4) is 0 Å². The molecule has 1 unspecified atom stereocenters. The fourth-order valence-corrected chi connectivity index (χ4v) is 3.91. The zero-order chi connectivity index (χ0) is 26.7. The smallest absolute Gasteiger partial charge is 0.325 e. The van der Waals surface area contributed by atoms with Crippen molar-refractivity contribution in [3.05, 3.63) is 0 Å². The minimum atomic E-state index is -0.493. The van der Waals surface area contributed by atoms with E-state index in [4.69, 9.17) is 14.6 Å². The van der Waals surface area contributed by atoms with Crippen LogP contribution >= 0.6 is 11.8 Å². The van der Waals surface area contributed by atoms with Crippen molar-refractivity contribution >= 4 is 35.6 Å². The SMILES string of the molecule is CCCCCCCCCCCC(CC(=O)OCCSCCC(=O)NCC(=O)OC)OC(C)=O.CO. The summed E-state index contributed by atoms with van der Waals surface area (Å²) in [5.41, 5.74) is 0. The maximum atomic E-state index is 12.1.